The molecular weight excluding hydrogens is 222 g/mol. The lowest BCUT2D eigenvalue weighted by Gasteiger charge is -2.20. The molecule has 0 aromatic heterocycles. The molecule has 5 heteroatoms. The number of unbranched alkanes of at least 4 members (excludes halogenated alkanes) is 1. The molecular formula is C12H23NO4. The van der Waals surface area contributed by atoms with Gasteiger partial charge in [-0.2, -0.15) is 0 Å². The number of ether oxygens (including phenoxy) is 2. The Morgan fingerprint density at radius 3 is 2.35 bits per heavy atom. The number of hydrogen-bond acceptors (Lipinski definition) is 5. The van der Waals surface area contributed by atoms with Gasteiger partial charge in [0.25, 0.3) is 0 Å². The number of carbonyl (C=O) groups is 2. The van der Waals surface area contributed by atoms with Gasteiger partial charge in [0.1, 0.15) is 0 Å². The maximum Gasteiger partial charge on any atom is 0.320 e. The van der Waals surface area contributed by atoms with Crippen LogP contribution >= 0.6 is 0 Å². The lowest BCUT2D eigenvalue weighted by atomic mass is 10.3. The Kier molecular flexibility index (Phi) is 9.43. The molecule has 0 rings (SSSR count). The number of methoxy groups -OCH3 is 1. The fourth-order valence-electron chi connectivity index (χ4n) is 1.39. The predicted octanol–water partition coefficient (Wildman–Crippen LogP) is 1.21. The third kappa shape index (κ3) is 8.68. The molecule has 0 saturated carbocycles. The second-order valence-corrected chi connectivity index (χ2v) is 3.76. The quantitative estimate of drug-likeness (QED) is 0.572. The van der Waals surface area contributed by atoms with Gasteiger partial charge in [-0.25, -0.2) is 0 Å². The minimum absolute atomic E-state index is 0.241. The fraction of sp³-hybridized carbons (Fsp3) is 0.833. The molecule has 5 nitrogen and oxygen atoms in total. The monoisotopic (exact) mass is 245 g/mol. The highest BCUT2D eigenvalue weighted by atomic mass is 16.5. The summed E-state index contributed by atoms with van der Waals surface area (Å²) in [7, 11) is 1.37. The Hall–Kier alpha value is -1.10. The van der Waals surface area contributed by atoms with Crippen LogP contribution in [0, 0.1) is 0 Å². The van der Waals surface area contributed by atoms with Crippen molar-refractivity contribution < 1.29 is 19.1 Å². The molecule has 0 heterocycles. The molecule has 0 aromatic rings. The van der Waals surface area contributed by atoms with E-state index in [9.17, 15) is 9.59 Å². The molecule has 0 aliphatic heterocycles. The van der Waals surface area contributed by atoms with Crippen molar-refractivity contribution >= 4 is 11.9 Å². The fourth-order valence-corrected chi connectivity index (χ4v) is 1.39. The number of nitrogens with zero attached hydrogens (tertiary/aromatic N) is 1. The van der Waals surface area contributed by atoms with Crippen LogP contribution < -0.4 is 0 Å². The van der Waals surface area contributed by atoms with E-state index in [1.165, 1.54) is 7.11 Å². The Balaban J connectivity index is 4.03. The third-order valence-electron chi connectivity index (χ3n) is 2.35. The van der Waals surface area contributed by atoms with Gasteiger partial charge in [-0.15, -0.1) is 0 Å². The first-order valence-corrected chi connectivity index (χ1v) is 6.08. The maximum absolute atomic E-state index is 11.4. The van der Waals surface area contributed by atoms with Gasteiger partial charge in [0.2, 0.25) is 0 Å². The Morgan fingerprint density at radius 2 is 1.82 bits per heavy atom. The molecule has 0 fully saturated rings. The number of carbonyl (C=O) groups excluding carboxylic acids is 2. The molecule has 0 atom stereocenters. The molecule has 0 spiro atoms. The molecule has 0 aliphatic carbocycles. The van der Waals surface area contributed by atoms with Crippen LogP contribution in [0.1, 0.15) is 33.1 Å². The lowest BCUT2D eigenvalue weighted by Crippen LogP contribution is -2.33. The number of esters is 2. The minimum Gasteiger partial charge on any atom is -0.469 e. The normalized spacial score (nSPS) is 10.4. The van der Waals surface area contributed by atoms with Crippen LogP contribution in [0.4, 0.5) is 0 Å². The lowest BCUT2D eigenvalue weighted by molar-refractivity contribution is -0.146. The van der Waals surface area contributed by atoms with E-state index >= 15 is 0 Å². The molecule has 0 saturated heterocycles. The van der Waals surface area contributed by atoms with Crippen molar-refractivity contribution in [1.29, 1.82) is 0 Å². The topological polar surface area (TPSA) is 55.8 Å². The van der Waals surface area contributed by atoms with Gasteiger partial charge >= 0.3 is 11.9 Å². The molecule has 17 heavy (non-hydrogen) atoms. The standard InChI is InChI=1S/C12H23NO4/c1-4-6-8-13(9-7-11(14)16-3)10-12(15)17-5-2/h4-10H2,1-3H3. The third-order valence-corrected chi connectivity index (χ3v) is 2.35. The number of hydrogen-bond donors (Lipinski definition) is 0. The molecule has 0 amide bonds. The van der Waals surface area contributed by atoms with Gasteiger partial charge in [-0.1, -0.05) is 13.3 Å². The van der Waals surface area contributed by atoms with Crippen LogP contribution in [0.15, 0.2) is 0 Å². The van der Waals surface area contributed by atoms with E-state index in [1.807, 2.05) is 4.90 Å². The van der Waals surface area contributed by atoms with Crippen molar-refractivity contribution in [3.63, 3.8) is 0 Å². The second-order valence-electron chi connectivity index (χ2n) is 3.76. The average molecular weight is 245 g/mol. The van der Waals surface area contributed by atoms with E-state index in [1.54, 1.807) is 6.92 Å². The average Bonchev–Trinajstić information content (AvgIpc) is 2.32. The second kappa shape index (κ2) is 10.1. The van der Waals surface area contributed by atoms with E-state index in [-0.39, 0.29) is 18.5 Å². The summed E-state index contributed by atoms with van der Waals surface area (Å²) in [6.07, 6.45) is 2.36. The zero-order valence-corrected chi connectivity index (χ0v) is 11.0. The van der Waals surface area contributed by atoms with Crippen LogP contribution in [0.2, 0.25) is 0 Å². The smallest absolute Gasteiger partial charge is 0.320 e. The van der Waals surface area contributed by atoms with Gasteiger partial charge in [-0.05, 0) is 19.9 Å². The van der Waals surface area contributed by atoms with Gasteiger partial charge in [0.05, 0.1) is 26.7 Å². The summed E-state index contributed by atoms with van der Waals surface area (Å²) in [5.74, 6) is -0.496. The molecule has 0 bridgehead atoms. The Morgan fingerprint density at radius 1 is 1.12 bits per heavy atom. The van der Waals surface area contributed by atoms with Crippen molar-refractivity contribution in [3.8, 4) is 0 Å². The minimum atomic E-state index is -0.254. The Bertz CT molecular complexity index is 231. The first-order valence-electron chi connectivity index (χ1n) is 6.08. The van der Waals surface area contributed by atoms with Crippen LogP contribution in [-0.4, -0.2) is 50.2 Å². The molecule has 0 aromatic carbocycles. The van der Waals surface area contributed by atoms with Crippen LogP contribution in [0.3, 0.4) is 0 Å². The zero-order valence-electron chi connectivity index (χ0n) is 11.0. The van der Waals surface area contributed by atoms with E-state index in [0.717, 1.165) is 19.4 Å². The molecule has 0 radical (unpaired) electrons. The van der Waals surface area contributed by atoms with Gasteiger partial charge in [0.15, 0.2) is 0 Å². The summed E-state index contributed by atoms with van der Waals surface area (Å²) in [6, 6.07) is 0. The Labute approximate surface area is 103 Å². The van der Waals surface area contributed by atoms with Crippen molar-refractivity contribution in [2.24, 2.45) is 0 Å². The summed E-state index contributed by atoms with van der Waals surface area (Å²) in [6.45, 7) is 5.83. The van der Waals surface area contributed by atoms with Crippen LogP contribution in [0.25, 0.3) is 0 Å². The van der Waals surface area contributed by atoms with E-state index in [0.29, 0.717) is 19.6 Å². The molecule has 100 valence electrons. The zero-order chi connectivity index (χ0) is 13.1. The summed E-state index contributed by atoms with van der Waals surface area (Å²) >= 11 is 0. The summed E-state index contributed by atoms with van der Waals surface area (Å²) in [4.78, 5) is 24.3. The molecule has 0 N–H and O–H groups in total. The highest BCUT2D eigenvalue weighted by Crippen LogP contribution is 1.99. The first-order chi connectivity index (χ1) is 8.13. The highest BCUT2D eigenvalue weighted by molar-refractivity contribution is 5.72. The summed E-state index contributed by atoms with van der Waals surface area (Å²) in [5, 5.41) is 0. The van der Waals surface area contributed by atoms with Gasteiger partial charge in [0, 0.05) is 6.54 Å². The van der Waals surface area contributed by atoms with E-state index in [4.69, 9.17) is 4.74 Å². The summed E-state index contributed by atoms with van der Waals surface area (Å²) < 4.78 is 9.46. The predicted molar refractivity (Wildman–Crippen MR) is 64.6 cm³/mol. The SMILES string of the molecule is CCCCN(CCC(=O)OC)CC(=O)OCC. The summed E-state index contributed by atoms with van der Waals surface area (Å²) in [5.41, 5.74) is 0. The largest absolute Gasteiger partial charge is 0.469 e. The van der Waals surface area contributed by atoms with Crippen molar-refractivity contribution in [1.82, 2.24) is 4.90 Å². The van der Waals surface area contributed by atoms with Crippen molar-refractivity contribution in [3.05, 3.63) is 0 Å². The number of rotatable bonds is 9. The maximum atomic E-state index is 11.4. The highest BCUT2D eigenvalue weighted by Gasteiger charge is 2.12. The van der Waals surface area contributed by atoms with Gasteiger partial charge < -0.3 is 9.47 Å². The first kappa shape index (κ1) is 15.9. The van der Waals surface area contributed by atoms with E-state index in [2.05, 4.69) is 11.7 Å². The molecule has 0 aliphatic rings. The van der Waals surface area contributed by atoms with Crippen LogP contribution in [0.5, 0.6) is 0 Å². The van der Waals surface area contributed by atoms with Gasteiger partial charge in [-0.3, -0.25) is 14.5 Å². The molecule has 0 unspecified atom stereocenters. The van der Waals surface area contributed by atoms with Crippen molar-refractivity contribution in [2.45, 2.75) is 33.1 Å². The van der Waals surface area contributed by atoms with E-state index < -0.39 is 0 Å². The van der Waals surface area contributed by atoms with Crippen molar-refractivity contribution in [2.75, 3.05) is 33.4 Å². The van der Waals surface area contributed by atoms with Crippen LogP contribution in [-0.2, 0) is 19.1 Å².